The van der Waals surface area contributed by atoms with Gasteiger partial charge in [-0.1, -0.05) is 49.7 Å². The maximum absolute atomic E-state index is 12.0. The molecule has 0 saturated carbocycles. The number of hydrogen-bond acceptors (Lipinski definition) is 6. The molecule has 9 nitrogen and oxygen atoms in total. The van der Waals surface area contributed by atoms with Crippen molar-refractivity contribution in [1.82, 2.24) is 30.3 Å². The molecule has 2 unspecified atom stereocenters. The smallest absolute Gasteiger partial charge is 0.408 e. The molecule has 3 heterocycles. The molecule has 2 aliphatic rings. The molecule has 2 atom stereocenters. The Morgan fingerprint density at radius 2 is 2.03 bits per heavy atom. The molecule has 3 N–H and O–H groups in total. The third-order valence-electron chi connectivity index (χ3n) is 6.45. The number of aromatic amines is 1. The number of H-pyrrole nitrogens is 1. The predicted octanol–water partition coefficient (Wildman–Crippen LogP) is 3.42. The molecule has 160 valence electrons. The lowest BCUT2D eigenvalue weighted by Gasteiger charge is -2.27. The summed E-state index contributed by atoms with van der Waals surface area (Å²) in [6, 6.07) is 8.32. The number of benzene rings is 1. The third kappa shape index (κ3) is 3.39. The molecular weight excluding hydrogens is 394 g/mol. The zero-order chi connectivity index (χ0) is 21.5. The first-order valence-electron chi connectivity index (χ1n) is 10.7. The van der Waals surface area contributed by atoms with Gasteiger partial charge in [-0.05, 0) is 29.9 Å². The molecule has 1 aliphatic heterocycles. The monoisotopic (exact) mass is 419 g/mol. The SMILES string of the molecule is CCC(C)C1c2c(nc(NC3Cc4ccccc4C3)nc2-c2c[nH]nn2)CN1C(=O)O. The Kier molecular flexibility index (Phi) is 4.80. The number of amides is 1. The number of anilines is 1. The van der Waals surface area contributed by atoms with Crippen LogP contribution in [0.15, 0.2) is 30.5 Å². The average molecular weight is 419 g/mol. The van der Waals surface area contributed by atoms with Crippen LogP contribution in [0.3, 0.4) is 0 Å². The van der Waals surface area contributed by atoms with Crippen molar-refractivity contribution < 1.29 is 9.90 Å². The molecule has 9 heteroatoms. The highest BCUT2D eigenvalue weighted by atomic mass is 16.4. The maximum Gasteiger partial charge on any atom is 0.408 e. The average Bonchev–Trinajstić information content (AvgIpc) is 3.50. The molecule has 1 aliphatic carbocycles. The van der Waals surface area contributed by atoms with Crippen molar-refractivity contribution in [2.24, 2.45) is 5.92 Å². The first kappa shape index (κ1) is 19.5. The summed E-state index contributed by atoms with van der Waals surface area (Å²) in [5, 5.41) is 24.1. The third-order valence-corrected chi connectivity index (χ3v) is 6.45. The van der Waals surface area contributed by atoms with E-state index in [0.717, 1.165) is 30.5 Å². The molecule has 0 radical (unpaired) electrons. The van der Waals surface area contributed by atoms with Crippen molar-refractivity contribution in [1.29, 1.82) is 0 Å². The van der Waals surface area contributed by atoms with E-state index in [1.54, 1.807) is 6.20 Å². The van der Waals surface area contributed by atoms with Gasteiger partial charge in [0.05, 0.1) is 24.5 Å². The fourth-order valence-electron chi connectivity index (χ4n) is 4.78. The van der Waals surface area contributed by atoms with Crippen molar-refractivity contribution in [2.75, 3.05) is 5.32 Å². The van der Waals surface area contributed by atoms with Crippen molar-refractivity contribution in [3.63, 3.8) is 0 Å². The second-order valence-electron chi connectivity index (χ2n) is 8.37. The Morgan fingerprint density at radius 3 is 2.65 bits per heavy atom. The van der Waals surface area contributed by atoms with Gasteiger partial charge in [-0.15, -0.1) is 5.10 Å². The van der Waals surface area contributed by atoms with Gasteiger partial charge >= 0.3 is 6.09 Å². The Balaban J connectivity index is 1.54. The van der Waals surface area contributed by atoms with E-state index in [1.807, 2.05) is 0 Å². The minimum Gasteiger partial charge on any atom is -0.465 e. The van der Waals surface area contributed by atoms with Crippen molar-refractivity contribution in [2.45, 2.75) is 51.7 Å². The van der Waals surface area contributed by atoms with Crippen LogP contribution in [0, 0.1) is 5.92 Å². The molecule has 5 rings (SSSR count). The first-order valence-corrected chi connectivity index (χ1v) is 10.7. The standard InChI is InChI=1S/C22H25N7O2/c1-3-12(2)20-18-17(11-29(20)22(30)31)25-21(26-19(18)16-10-23-28-27-16)24-15-8-13-6-4-5-7-14(13)9-15/h4-7,10,12,15,20H,3,8-9,11H2,1-2H3,(H,30,31)(H,23,27,28)(H,24,25,26). The Labute approximate surface area is 179 Å². The largest absolute Gasteiger partial charge is 0.465 e. The van der Waals surface area contributed by atoms with E-state index in [9.17, 15) is 9.90 Å². The van der Waals surface area contributed by atoms with Crippen LogP contribution < -0.4 is 5.32 Å². The summed E-state index contributed by atoms with van der Waals surface area (Å²) < 4.78 is 0. The summed E-state index contributed by atoms with van der Waals surface area (Å²) in [7, 11) is 0. The lowest BCUT2D eigenvalue weighted by Crippen LogP contribution is -2.31. The van der Waals surface area contributed by atoms with Crippen molar-refractivity contribution in [3.8, 4) is 11.4 Å². The van der Waals surface area contributed by atoms with Gasteiger partial charge in [0.25, 0.3) is 0 Å². The van der Waals surface area contributed by atoms with Gasteiger partial charge in [-0.2, -0.15) is 0 Å². The minimum absolute atomic E-state index is 0.120. The van der Waals surface area contributed by atoms with Crippen LogP contribution in [0.4, 0.5) is 10.7 Å². The second-order valence-corrected chi connectivity index (χ2v) is 8.37. The van der Waals surface area contributed by atoms with Crippen LogP contribution in [0.1, 0.15) is 48.7 Å². The van der Waals surface area contributed by atoms with E-state index in [0.29, 0.717) is 17.3 Å². The van der Waals surface area contributed by atoms with E-state index in [-0.39, 0.29) is 24.5 Å². The highest BCUT2D eigenvalue weighted by Crippen LogP contribution is 2.43. The number of nitrogens with zero attached hydrogens (tertiary/aromatic N) is 5. The number of aromatic nitrogens is 5. The van der Waals surface area contributed by atoms with E-state index >= 15 is 0 Å². The van der Waals surface area contributed by atoms with Crippen molar-refractivity contribution >= 4 is 12.0 Å². The molecule has 0 saturated heterocycles. The van der Waals surface area contributed by atoms with E-state index in [1.165, 1.54) is 16.0 Å². The fraction of sp³-hybridized carbons (Fsp3) is 0.409. The lowest BCUT2D eigenvalue weighted by molar-refractivity contribution is 0.112. The highest BCUT2D eigenvalue weighted by Gasteiger charge is 2.41. The maximum atomic E-state index is 12.0. The number of fused-ring (bicyclic) bond motifs is 2. The summed E-state index contributed by atoms with van der Waals surface area (Å²) >= 11 is 0. The number of carboxylic acid groups (broad SMARTS) is 1. The quantitative estimate of drug-likeness (QED) is 0.579. The fourth-order valence-corrected chi connectivity index (χ4v) is 4.78. The van der Waals surface area contributed by atoms with Crippen LogP contribution in [0.5, 0.6) is 0 Å². The van der Waals surface area contributed by atoms with Crippen LogP contribution in [0.25, 0.3) is 11.4 Å². The summed E-state index contributed by atoms with van der Waals surface area (Å²) in [6.45, 7) is 4.36. The number of nitrogens with one attached hydrogen (secondary N) is 2. The summed E-state index contributed by atoms with van der Waals surface area (Å²) in [5.41, 5.74) is 5.49. The normalized spacial score (nSPS) is 18.6. The minimum atomic E-state index is -0.949. The molecular formula is C22H25N7O2. The number of hydrogen-bond donors (Lipinski definition) is 3. The molecule has 3 aromatic rings. The molecule has 0 bridgehead atoms. The highest BCUT2D eigenvalue weighted by molar-refractivity contribution is 5.71. The molecule has 31 heavy (non-hydrogen) atoms. The summed E-state index contributed by atoms with van der Waals surface area (Å²) in [6.07, 6.45) is 3.40. The zero-order valence-electron chi connectivity index (χ0n) is 17.5. The van der Waals surface area contributed by atoms with E-state index in [2.05, 4.69) is 58.8 Å². The van der Waals surface area contributed by atoms with E-state index < -0.39 is 6.09 Å². The molecule has 0 fully saturated rings. The Bertz CT molecular complexity index is 1090. The van der Waals surface area contributed by atoms with Gasteiger partial charge in [-0.3, -0.25) is 10.00 Å². The van der Waals surface area contributed by atoms with Gasteiger partial charge in [0, 0.05) is 11.6 Å². The van der Waals surface area contributed by atoms with E-state index in [4.69, 9.17) is 9.97 Å². The molecule has 1 aromatic carbocycles. The van der Waals surface area contributed by atoms with Gasteiger partial charge < -0.3 is 10.4 Å². The van der Waals surface area contributed by atoms with Gasteiger partial charge in [0.15, 0.2) is 0 Å². The van der Waals surface area contributed by atoms with Gasteiger partial charge in [0.2, 0.25) is 5.95 Å². The number of rotatable bonds is 5. The van der Waals surface area contributed by atoms with Gasteiger partial charge in [-0.25, -0.2) is 14.8 Å². The van der Waals surface area contributed by atoms with Crippen molar-refractivity contribution in [3.05, 3.63) is 52.8 Å². The number of carbonyl (C=O) groups is 1. The molecule has 1 amide bonds. The van der Waals surface area contributed by atoms with Crippen LogP contribution in [-0.4, -0.2) is 47.5 Å². The Morgan fingerprint density at radius 1 is 1.29 bits per heavy atom. The molecule has 2 aromatic heterocycles. The van der Waals surface area contributed by atoms with Gasteiger partial charge in [0.1, 0.15) is 11.4 Å². The molecule has 0 spiro atoms. The zero-order valence-corrected chi connectivity index (χ0v) is 17.5. The topological polar surface area (TPSA) is 120 Å². The van der Waals surface area contributed by atoms with Crippen LogP contribution >= 0.6 is 0 Å². The van der Waals surface area contributed by atoms with Crippen LogP contribution in [0.2, 0.25) is 0 Å². The Hall–Kier alpha value is -3.49. The lowest BCUT2D eigenvalue weighted by atomic mass is 9.91. The summed E-state index contributed by atoms with van der Waals surface area (Å²) in [4.78, 5) is 23.1. The summed E-state index contributed by atoms with van der Waals surface area (Å²) in [5.74, 6) is 0.624. The predicted molar refractivity (Wildman–Crippen MR) is 114 cm³/mol. The van der Waals surface area contributed by atoms with Crippen LogP contribution in [-0.2, 0) is 19.4 Å². The second kappa shape index (κ2) is 7.64. The first-order chi connectivity index (χ1) is 15.0.